The van der Waals surface area contributed by atoms with Crippen molar-refractivity contribution in [2.75, 3.05) is 19.7 Å². The molecule has 0 atom stereocenters. The first-order chi connectivity index (χ1) is 12.5. The summed E-state index contributed by atoms with van der Waals surface area (Å²) in [4.78, 5) is 36.2. The van der Waals surface area contributed by atoms with Crippen LogP contribution in [0.5, 0.6) is 0 Å². The molecule has 0 radical (unpaired) electrons. The third-order valence-electron chi connectivity index (χ3n) is 4.13. The molecule has 6 heteroatoms. The van der Waals surface area contributed by atoms with Crippen molar-refractivity contribution < 1.29 is 20.5 Å². The zero-order valence-corrected chi connectivity index (χ0v) is 16.1. The van der Waals surface area contributed by atoms with Crippen LogP contribution in [-0.2, 0) is 14.3 Å². The fraction of sp³-hybridized carbons (Fsp3) is 0.650. The van der Waals surface area contributed by atoms with Gasteiger partial charge in [0.2, 0.25) is 5.91 Å². The van der Waals surface area contributed by atoms with E-state index in [-0.39, 0.29) is 19.3 Å². The molecule has 0 spiro atoms. The van der Waals surface area contributed by atoms with Crippen LogP contribution in [0.25, 0.3) is 0 Å². The van der Waals surface area contributed by atoms with Gasteiger partial charge in [-0.05, 0) is 37.7 Å². The highest BCUT2D eigenvalue weighted by molar-refractivity contribution is 5.93. The largest absolute Gasteiger partial charge is 0.461 e. The second kappa shape index (κ2) is 13.1. The fourth-order valence-electron chi connectivity index (χ4n) is 2.67. The van der Waals surface area contributed by atoms with Crippen molar-refractivity contribution in [3.8, 4) is 0 Å². The van der Waals surface area contributed by atoms with E-state index < -0.39 is 0 Å². The smallest absolute Gasteiger partial charge is 0.324 e. The number of allylic oxidation sites excluding steroid dienone is 2. The second-order valence-corrected chi connectivity index (χ2v) is 6.49. The van der Waals surface area contributed by atoms with Crippen LogP contribution >= 0.6 is 0 Å². The van der Waals surface area contributed by atoms with Crippen LogP contribution < -0.4 is 5.32 Å². The minimum absolute atomic E-state index is 0. The minimum Gasteiger partial charge on any atom is -0.461 e. The van der Waals surface area contributed by atoms with Gasteiger partial charge in [-0.1, -0.05) is 38.0 Å². The number of carbonyl (C=O) groups excluding carboxylic acids is 3. The van der Waals surface area contributed by atoms with E-state index in [0.717, 1.165) is 50.5 Å². The topological polar surface area (TPSA) is 75.7 Å². The molecule has 1 aliphatic carbocycles. The average molecular weight is 367 g/mol. The lowest BCUT2D eigenvalue weighted by atomic mass is 10.1. The Kier molecular flexibility index (Phi) is 11.1. The lowest BCUT2D eigenvalue weighted by molar-refractivity contribution is -0.142. The SMILES string of the molecule is CCCN(C(C)=O)C(=O)NCCCCCCC(=O)OCC1=CCCC=C1.[HH]. The van der Waals surface area contributed by atoms with Crippen LogP contribution in [0.2, 0.25) is 0 Å². The molecule has 0 aromatic rings. The van der Waals surface area contributed by atoms with E-state index >= 15 is 0 Å². The maximum Gasteiger partial charge on any atom is 0.324 e. The molecule has 0 bridgehead atoms. The second-order valence-electron chi connectivity index (χ2n) is 6.49. The van der Waals surface area contributed by atoms with Gasteiger partial charge in [0.1, 0.15) is 6.61 Å². The molecular formula is C20H34N2O4. The molecule has 3 amide bonds. The number of imide groups is 1. The van der Waals surface area contributed by atoms with Gasteiger partial charge < -0.3 is 10.1 Å². The summed E-state index contributed by atoms with van der Waals surface area (Å²) in [5.41, 5.74) is 1.07. The number of hydrogen-bond donors (Lipinski definition) is 1. The molecule has 1 rings (SSSR count). The molecule has 0 saturated carbocycles. The third-order valence-corrected chi connectivity index (χ3v) is 4.13. The highest BCUT2D eigenvalue weighted by Gasteiger charge is 2.15. The number of rotatable bonds is 11. The summed E-state index contributed by atoms with van der Waals surface area (Å²) in [5, 5.41) is 2.77. The van der Waals surface area contributed by atoms with E-state index in [1.54, 1.807) is 0 Å². The summed E-state index contributed by atoms with van der Waals surface area (Å²) in [6, 6.07) is -0.325. The van der Waals surface area contributed by atoms with Gasteiger partial charge in [-0.3, -0.25) is 14.5 Å². The van der Waals surface area contributed by atoms with Gasteiger partial charge in [-0.2, -0.15) is 0 Å². The molecule has 0 unspecified atom stereocenters. The molecule has 0 aliphatic heterocycles. The van der Waals surface area contributed by atoms with E-state index in [0.29, 0.717) is 26.1 Å². The van der Waals surface area contributed by atoms with Gasteiger partial charge in [0, 0.05) is 27.9 Å². The van der Waals surface area contributed by atoms with Gasteiger partial charge in [0.25, 0.3) is 0 Å². The van der Waals surface area contributed by atoms with E-state index in [1.165, 1.54) is 11.8 Å². The van der Waals surface area contributed by atoms with Crippen molar-refractivity contribution in [3.63, 3.8) is 0 Å². The third kappa shape index (κ3) is 9.39. The molecule has 0 saturated heterocycles. The summed E-state index contributed by atoms with van der Waals surface area (Å²) in [6.07, 6.45) is 12.9. The van der Waals surface area contributed by atoms with Gasteiger partial charge >= 0.3 is 12.0 Å². The molecule has 148 valence electrons. The molecule has 26 heavy (non-hydrogen) atoms. The Morgan fingerprint density at radius 1 is 1.19 bits per heavy atom. The van der Waals surface area contributed by atoms with Crippen LogP contribution in [0.1, 0.15) is 66.6 Å². The lowest BCUT2D eigenvalue weighted by Crippen LogP contribution is -2.43. The molecule has 0 aromatic heterocycles. The predicted octanol–water partition coefficient (Wildman–Crippen LogP) is 3.97. The maximum atomic E-state index is 11.9. The molecule has 6 nitrogen and oxygen atoms in total. The maximum absolute atomic E-state index is 11.9. The Morgan fingerprint density at radius 2 is 1.96 bits per heavy atom. The summed E-state index contributed by atoms with van der Waals surface area (Å²) in [6.45, 7) is 4.67. The van der Waals surface area contributed by atoms with Crippen molar-refractivity contribution in [2.45, 2.75) is 65.2 Å². The number of carbonyl (C=O) groups is 3. The molecule has 0 aromatic carbocycles. The molecule has 1 N–H and O–H groups in total. The lowest BCUT2D eigenvalue weighted by Gasteiger charge is -2.18. The zero-order valence-electron chi connectivity index (χ0n) is 16.1. The summed E-state index contributed by atoms with van der Waals surface area (Å²) in [5.74, 6) is -0.391. The van der Waals surface area contributed by atoms with Crippen molar-refractivity contribution in [3.05, 3.63) is 23.8 Å². The van der Waals surface area contributed by atoms with E-state index in [1.807, 2.05) is 13.0 Å². The Hall–Kier alpha value is -2.11. The van der Waals surface area contributed by atoms with Crippen molar-refractivity contribution in [1.82, 2.24) is 10.2 Å². The Balaban J connectivity index is 0.00000676. The Labute approximate surface area is 158 Å². The van der Waals surface area contributed by atoms with Crippen molar-refractivity contribution in [2.24, 2.45) is 0 Å². The number of nitrogens with zero attached hydrogens (tertiary/aromatic N) is 1. The van der Waals surface area contributed by atoms with Crippen LogP contribution in [0.15, 0.2) is 23.8 Å². The summed E-state index contributed by atoms with van der Waals surface area (Å²) < 4.78 is 5.26. The number of hydrogen-bond acceptors (Lipinski definition) is 4. The summed E-state index contributed by atoms with van der Waals surface area (Å²) in [7, 11) is 0. The zero-order chi connectivity index (χ0) is 19.2. The Bertz CT molecular complexity index is 532. The fourth-order valence-corrected chi connectivity index (χ4v) is 2.67. The molecular weight excluding hydrogens is 332 g/mol. The minimum atomic E-state index is -0.325. The van der Waals surface area contributed by atoms with Gasteiger partial charge in [-0.15, -0.1) is 0 Å². The van der Waals surface area contributed by atoms with Gasteiger partial charge in [-0.25, -0.2) is 4.79 Å². The number of urea groups is 1. The van der Waals surface area contributed by atoms with Gasteiger partial charge in [0.15, 0.2) is 0 Å². The first kappa shape index (κ1) is 21.9. The monoisotopic (exact) mass is 366 g/mol. The van der Waals surface area contributed by atoms with E-state index in [2.05, 4.69) is 17.5 Å². The van der Waals surface area contributed by atoms with Crippen molar-refractivity contribution >= 4 is 17.9 Å². The standard InChI is InChI=1S/C20H32N2O4.H2/c1-3-15-22(17(2)23)20(25)21-14-10-5-4-9-13-19(24)26-16-18-11-7-6-8-12-18;/h7,11-12H,3-6,8-10,13-16H2,1-2H3,(H,21,25);1H. The van der Waals surface area contributed by atoms with E-state index in [9.17, 15) is 14.4 Å². The normalized spacial score (nSPS) is 13.1. The highest BCUT2D eigenvalue weighted by atomic mass is 16.5. The predicted molar refractivity (Wildman–Crippen MR) is 104 cm³/mol. The van der Waals surface area contributed by atoms with Crippen LogP contribution in [-0.4, -0.2) is 42.5 Å². The van der Waals surface area contributed by atoms with Crippen LogP contribution in [0.4, 0.5) is 4.79 Å². The number of nitrogens with one attached hydrogen (secondary N) is 1. The van der Waals surface area contributed by atoms with E-state index in [4.69, 9.17) is 4.74 Å². The van der Waals surface area contributed by atoms with Crippen LogP contribution in [0.3, 0.4) is 0 Å². The number of amides is 3. The summed E-state index contributed by atoms with van der Waals surface area (Å²) >= 11 is 0. The molecule has 0 fully saturated rings. The Morgan fingerprint density at radius 3 is 2.62 bits per heavy atom. The quantitative estimate of drug-likeness (QED) is 0.443. The van der Waals surface area contributed by atoms with Gasteiger partial charge in [0.05, 0.1) is 0 Å². The number of esters is 1. The number of ether oxygens (including phenoxy) is 1. The van der Waals surface area contributed by atoms with Crippen molar-refractivity contribution in [1.29, 1.82) is 0 Å². The first-order valence-corrected chi connectivity index (χ1v) is 9.61. The number of unbranched alkanes of at least 4 members (excludes halogenated alkanes) is 3. The first-order valence-electron chi connectivity index (χ1n) is 9.61. The van der Waals surface area contributed by atoms with Crippen LogP contribution in [0, 0.1) is 0 Å². The molecule has 1 aliphatic rings. The highest BCUT2D eigenvalue weighted by Crippen LogP contribution is 2.11. The average Bonchev–Trinajstić information content (AvgIpc) is 2.64. The molecule has 0 heterocycles.